The number of alkyl halides is 3. The molecule has 242 valence electrons. The zero-order chi connectivity index (χ0) is 32.0. The van der Waals surface area contributed by atoms with Crippen molar-refractivity contribution in [3.05, 3.63) is 59.4 Å². The molecule has 4 aliphatic heterocycles. The highest BCUT2D eigenvalue weighted by atomic mass is 19.3. The topological polar surface area (TPSA) is 64.5 Å². The number of halogens is 5. The second-order valence-corrected chi connectivity index (χ2v) is 13.7. The number of nitrogens with one attached hydrogen (secondary N) is 1. The highest BCUT2D eigenvalue weighted by Crippen LogP contribution is 2.49. The van der Waals surface area contributed by atoms with Gasteiger partial charge in [0.05, 0.1) is 5.56 Å². The first-order valence-corrected chi connectivity index (χ1v) is 16.3. The average Bonchev–Trinajstić information content (AvgIpc) is 3.65. The predicted molar refractivity (Wildman–Crippen MR) is 167 cm³/mol. The van der Waals surface area contributed by atoms with Crippen molar-refractivity contribution in [3.8, 4) is 16.9 Å². The van der Waals surface area contributed by atoms with Gasteiger partial charge in [0.25, 0.3) is 0 Å². The highest BCUT2D eigenvalue weighted by Gasteiger charge is 2.55. The van der Waals surface area contributed by atoms with E-state index in [4.69, 9.17) is 0 Å². The maximum absolute atomic E-state index is 16.9. The number of anilines is 1. The summed E-state index contributed by atoms with van der Waals surface area (Å²) in [4.78, 5) is 12.2. The van der Waals surface area contributed by atoms with Crippen molar-refractivity contribution in [3.63, 3.8) is 0 Å². The van der Waals surface area contributed by atoms with Crippen molar-refractivity contribution in [2.45, 2.75) is 81.6 Å². The number of piperazine rings is 1. The lowest BCUT2D eigenvalue weighted by atomic mass is 9.86. The van der Waals surface area contributed by atoms with Crippen LogP contribution in [0.4, 0.5) is 27.8 Å². The van der Waals surface area contributed by atoms with Crippen LogP contribution in [-0.2, 0) is 12.3 Å². The number of fused-ring (bicyclic) bond motifs is 5. The van der Waals surface area contributed by atoms with Crippen LogP contribution in [-0.4, -0.2) is 69.9 Å². The Hall–Kier alpha value is -3.57. The van der Waals surface area contributed by atoms with E-state index in [1.807, 2.05) is 28.9 Å². The first-order valence-electron chi connectivity index (χ1n) is 16.3. The highest BCUT2D eigenvalue weighted by molar-refractivity contribution is 6.03. The molecule has 4 saturated heterocycles. The molecule has 4 aromatic rings. The summed E-state index contributed by atoms with van der Waals surface area (Å²) < 4.78 is 80.6. The Labute approximate surface area is 263 Å². The second-order valence-electron chi connectivity index (χ2n) is 13.7. The van der Waals surface area contributed by atoms with E-state index in [1.165, 1.54) is 12.1 Å². The molecule has 46 heavy (non-hydrogen) atoms. The Morgan fingerprint density at radius 2 is 1.85 bits per heavy atom. The molecular formula is C35H36F5N5O. The van der Waals surface area contributed by atoms with Gasteiger partial charge in [0.2, 0.25) is 5.82 Å². The SMILES string of the molecule is CCc1cccc2cc(O)cc(-c3c(F)cc4c(N5CC6CCC(C5)N6)nc(C(F)(F)CC56CCCN5CC(F)C6)nc4c3F)c12. The average molecular weight is 638 g/mol. The van der Waals surface area contributed by atoms with Gasteiger partial charge in [0, 0.05) is 49.1 Å². The molecule has 5 heterocycles. The summed E-state index contributed by atoms with van der Waals surface area (Å²) in [6.07, 6.45) is 1.68. The normalized spacial score (nSPS) is 26.5. The van der Waals surface area contributed by atoms with E-state index >= 15 is 17.6 Å². The zero-order valence-corrected chi connectivity index (χ0v) is 25.6. The molecule has 2 bridgehead atoms. The number of hydrogen-bond acceptors (Lipinski definition) is 6. The van der Waals surface area contributed by atoms with Gasteiger partial charge in [-0.1, -0.05) is 25.1 Å². The molecular weight excluding hydrogens is 601 g/mol. The van der Waals surface area contributed by atoms with Crippen molar-refractivity contribution in [1.29, 1.82) is 0 Å². The minimum atomic E-state index is -3.60. The molecule has 6 nitrogen and oxygen atoms in total. The van der Waals surface area contributed by atoms with E-state index < -0.39 is 52.6 Å². The van der Waals surface area contributed by atoms with Crippen molar-refractivity contribution in [1.82, 2.24) is 20.2 Å². The standard InChI is InChI=1S/C35H36F5N5O/c1-2-19-5-3-6-20-11-24(46)12-25(28(19)20)29-27(37)13-26-31(30(29)38)42-33(43-32(26)44-16-22-7-8-23(17-44)41-22)35(39,40)18-34-9-4-10-45(34)15-21(36)14-34/h3,5-6,11-13,21-23,41,46H,2,4,7-10,14-18H2,1H3. The van der Waals surface area contributed by atoms with Crippen molar-refractivity contribution in [2.24, 2.45) is 0 Å². The molecule has 11 heteroatoms. The van der Waals surface area contributed by atoms with E-state index in [-0.39, 0.29) is 47.6 Å². The number of rotatable bonds is 6. The first kappa shape index (κ1) is 29.8. The van der Waals surface area contributed by atoms with Crippen LogP contribution in [0.2, 0.25) is 0 Å². The maximum Gasteiger partial charge on any atom is 0.308 e. The van der Waals surface area contributed by atoms with Gasteiger partial charge in [-0.25, -0.2) is 23.1 Å². The number of aromatic nitrogens is 2. The van der Waals surface area contributed by atoms with Crippen molar-refractivity contribution in [2.75, 3.05) is 31.1 Å². The van der Waals surface area contributed by atoms with Crippen LogP contribution in [0.3, 0.4) is 0 Å². The van der Waals surface area contributed by atoms with Gasteiger partial charge in [-0.05, 0) is 85.2 Å². The van der Waals surface area contributed by atoms with Gasteiger partial charge in [-0.15, -0.1) is 0 Å². The third-order valence-corrected chi connectivity index (χ3v) is 10.7. The van der Waals surface area contributed by atoms with Gasteiger partial charge in [-0.3, -0.25) is 4.90 Å². The quantitative estimate of drug-likeness (QED) is 0.222. The zero-order valence-electron chi connectivity index (χ0n) is 25.6. The van der Waals surface area contributed by atoms with Crippen LogP contribution in [0.15, 0.2) is 36.4 Å². The largest absolute Gasteiger partial charge is 0.508 e. The van der Waals surface area contributed by atoms with E-state index in [0.29, 0.717) is 49.7 Å². The van der Waals surface area contributed by atoms with Crippen LogP contribution >= 0.6 is 0 Å². The lowest BCUT2D eigenvalue weighted by Gasteiger charge is -2.36. The Morgan fingerprint density at radius 3 is 2.61 bits per heavy atom. The van der Waals surface area contributed by atoms with Crippen LogP contribution in [0.5, 0.6) is 5.75 Å². The first-order chi connectivity index (χ1) is 22.0. The minimum Gasteiger partial charge on any atom is -0.508 e. The molecule has 3 aromatic carbocycles. The number of nitrogens with zero attached hydrogens (tertiary/aromatic N) is 4. The van der Waals surface area contributed by atoms with Gasteiger partial charge >= 0.3 is 5.92 Å². The lowest BCUT2D eigenvalue weighted by Crippen LogP contribution is -2.51. The van der Waals surface area contributed by atoms with Gasteiger partial charge in [0.15, 0.2) is 5.82 Å². The Morgan fingerprint density at radius 1 is 1.07 bits per heavy atom. The fraction of sp³-hybridized carbons (Fsp3) is 0.486. The predicted octanol–water partition coefficient (Wildman–Crippen LogP) is 7.00. The molecule has 0 radical (unpaired) electrons. The Bertz CT molecular complexity index is 1860. The fourth-order valence-corrected chi connectivity index (χ4v) is 8.77. The van der Waals surface area contributed by atoms with E-state index in [9.17, 15) is 9.50 Å². The monoisotopic (exact) mass is 637 g/mol. The van der Waals surface area contributed by atoms with Crippen LogP contribution in [0, 0.1) is 11.6 Å². The molecule has 8 rings (SSSR count). The maximum atomic E-state index is 16.9. The van der Waals surface area contributed by atoms with E-state index in [0.717, 1.165) is 24.5 Å². The summed E-state index contributed by atoms with van der Waals surface area (Å²) in [5.74, 6) is -6.52. The Balaban J connectivity index is 1.34. The fourth-order valence-electron chi connectivity index (χ4n) is 8.77. The summed E-state index contributed by atoms with van der Waals surface area (Å²) in [5, 5.41) is 15.3. The second kappa shape index (κ2) is 10.7. The van der Waals surface area contributed by atoms with Gasteiger partial charge < -0.3 is 15.3 Å². The molecule has 4 atom stereocenters. The summed E-state index contributed by atoms with van der Waals surface area (Å²) in [6.45, 7) is 3.51. The number of aromatic hydroxyl groups is 1. The smallest absolute Gasteiger partial charge is 0.308 e. The third-order valence-electron chi connectivity index (χ3n) is 10.7. The summed E-state index contributed by atoms with van der Waals surface area (Å²) in [7, 11) is 0. The number of phenolic OH excluding ortho intramolecular Hbond substituents is 1. The summed E-state index contributed by atoms with van der Waals surface area (Å²) >= 11 is 0. The lowest BCUT2D eigenvalue weighted by molar-refractivity contribution is -0.0604. The minimum absolute atomic E-state index is 0.0121. The number of benzene rings is 3. The van der Waals surface area contributed by atoms with Crippen molar-refractivity contribution >= 4 is 27.5 Å². The molecule has 0 spiro atoms. The van der Waals surface area contributed by atoms with Crippen LogP contribution < -0.4 is 10.2 Å². The molecule has 2 N–H and O–H groups in total. The van der Waals surface area contributed by atoms with Crippen molar-refractivity contribution < 1.29 is 27.1 Å². The van der Waals surface area contributed by atoms with E-state index in [2.05, 4.69) is 15.3 Å². The third kappa shape index (κ3) is 4.72. The number of aryl methyl sites for hydroxylation is 1. The van der Waals surface area contributed by atoms with Crippen LogP contribution in [0.25, 0.3) is 32.8 Å². The molecule has 0 saturated carbocycles. The molecule has 1 aromatic heterocycles. The molecule has 4 unspecified atom stereocenters. The van der Waals surface area contributed by atoms with Gasteiger partial charge in [0.1, 0.15) is 29.1 Å². The summed E-state index contributed by atoms with van der Waals surface area (Å²) in [5.41, 5.74) is -0.910. The summed E-state index contributed by atoms with van der Waals surface area (Å²) in [6, 6.07) is 9.62. The molecule has 0 aliphatic carbocycles. The number of hydrogen-bond donors (Lipinski definition) is 2. The molecule has 4 aliphatic rings. The molecule has 0 amide bonds. The number of phenols is 1. The van der Waals surface area contributed by atoms with Crippen LogP contribution in [0.1, 0.15) is 56.8 Å². The Kier molecular flexibility index (Phi) is 6.96. The van der Waals surface area contributed by atoms with E-state index in [1.54, 1.807) is 6.07 Å². The molecule has 4 fully saturated rings. The van der Waals surface area contributed by atoms with Gasteiger partial charge in [-0.2, -0.15) is 8.78 Å².